The minimum Gasteiger partial charge on any atom is -0.302 e. The lowest BCUT2D eigenvalue weighted by Gasteiger charge is -2.24. The molecule has 0 aliphatic rings. The van der Waals surface area contributed by atoms with Crippen molar-refractivity contribution in [2.75, 3.05) is 31.1 Å². The van der Waals surface area contributed by atoms with E-state index in [-0.39, 0.29) is 23.3 Å². The van der Waals surface area contributed by atoms with Crippen molar-refractivity contribution in [1.29, 1.82) is 0 Å². The molecular weight excluding hydrogens is 444 g/mol. The average molecular weight is 469 g/mol. The second kappa shape index (κ2) is 10.8. The predicted octanol–water partition coefficient (Wildman–Crippen LogP) is 5.24. The highest BCUT2D eigenvalue weighted by molar-refractivity contribution is 7.22. The molecule has 2 aromatic heterocycles. The molecule has 162 valence electrons. The number of rotatable bonds is 9. The molecule has 2 heterocycles. The molecule has 0 saturated heterocycles. The van der Waals surface area contributed by atoms with Crippen molar-refractivity contribution < 1.29 is 9.72 Å². The van der Waals surface area contributed by atoms with Gasteiger partial charge in [-0.25, -0.2) is 4.98 Å². The molecule has 0 N–H and O–H groups in total. The number of thiazole rings is 1. The highest BCUT2D eigenvalue weighted by Crippen LogP contribution is 2.32. The molecule has 1 aromatic carbocycles. The molecule has 0 bridgehead atoms. The Labute approximate surface area is 189 Å². The van der Waals surface area contributed by atoms with Gasteiger partial charge < -0.3 is 4.90 Å². The molecule has 3 aromatic rings. The van der Waals surface area contributed by atoms with E-state index in [0.717, 1.165) is 41.1 Å². The lowest BCUT2D eigenvalue weighted by molar-refractivity contribution is -0.380. The summed E-state index contributed by atoms with van der Waals surface area (Å²) in [4.78, 5) is 32.7. The Morgan fingerprint density at radius 3 is 2.43 bits per heavy atom. The monoisotopic (exact) mass is 468 g/mol. The number of amides is 1. The lowest BCUT2D eigenvalue weighted by atomic mass is 10.2. The molecule has 0 fully saturated rings. The molecule has 0 radical (unpaired) electrons. The molecule has 0 atom stereocenters. The van der Waals surface area contributed by atoms with Crippen LogP contribution in [0.25, 0.3) is 10.2 Å². The number of nitrogens with zero attached hydrogens (tertiary/aromatic N) is 4. The van der Waals surface area contributed by atoms with Crippen LogP contribution in [0.1, 0.15) is 36.0 Å². The van der Waals surface area contributed by atoms with Gasteiger partial charge in [-0.1, -0.05) is 49.5 Å². The Bertz CT molecular complexity index is 1020. The molecule has 0 aliphatic carbocycles. The van der Waals surface area contributed by atoms with Crippen molar-refractivity contribution in [1.82, 2.24) is 9.88 Å². The van der Waals surface area contributed by atoms with Crippen LogP contribution in [0.5, 0.6) is 0 Å². The molecule has 3 rings (SSSR count). The van der Waals surface area contributed by atoms with Crippen LogP contribution in [0, 0.1) is 10.1 Å². The summed E-state index contributed by atoms with van der Waals surface area (Å²) in [6.45, 7) is 9.25. The standard InChI is InChI=1S/C20H24N4O3S2.ClH/c1-4-14-7-8-15-17(13-14)29-20(21-15)23(12-11-22(5-2)6-3)19(25)16-9-10-18(28-16)24(26)27;/h7-10,13H,4-6,11-12H2,1-3H3;1H. The Morgan fingerprint density at radius 1 is 1.10 bits per heavy atom. The fourth-order valence-corrected chi connectivity index (χ4v) is 4.85. The van der Waals surface area contributed by atoms with Crippen molar-refractivity contribution in [2.45, 2.75) is 27.2 Å². The second-order valence-electron chi connectivity index (χ2n) is 6.53. The van der Waals surface area contributed by atoms with Gasteiger partial charge in [0.25, 0.3) is 5.91 Å². The van der Waals surface area contributed by atoms with E-state index in [0.29, 0.717) is 23.1 Å². The van der Waals surface area contributed by atoms with Crippen molar-refractivity contribution in [2.24, 2.45) is 0 Å². The number of nitro groups is 1. The van der Waals surface area contributed by atoms with Gasteiger partial charge in [-0.2, -0.15) is 0 Å². The molecule has 0 spiro atoms. The number of likely N-dealkylation sites (N-methyl/N-ethyl adjacent to an activating group) is 1. The molecule has 0 saturated carbocycles. The summed E-state index contributed by atoms with van der Waals surface area (Å²) in [7, 11) is 0. The zero-order chi connectivity index (χ0) is 21.0. The van der Waals surface area contributed by atoms with E-state index in [2.05, 4.69) is 42.8 Å². The Kier molecular flexibility index (Phi) is 8.72. The minimum atomic E-state index is -0.467. The van der Waals surface area contributed by atoms with E-state index in [9.17, 15) is 14.9 Å². The third-order valence-electron chi connectivity index (χ3n) is 4.84. The van der Waals surface area contributed by atoms with Crippen LogP contribution in [0.15, 0.2) is 30.3 Å². The highest BCUT2D eigenvalue weighted by atomic mass is 35.5. The molecule has 1 amide bonds. The van der Waals surface area contributed by atoms with Gasteiger partial charge >= 0.3 is 5.00 Å². The topological polar surface area (TPSA) is 79.6 Å². The number of carbonyl (C=O) groups excluding carboxylic acids is 1. The van der Waals surface area contributed by atoms with Gasteiger partial charge in [-0.05, 0) is 43.3 Å². The maximum absolute atomic E-state index is 13.2. The number of benzene rings is 1. The van der Waals surface area contributed by atoms with Gasteiger partial charge in [0.05, 0.1) is 20.0 Å². The normalized spacial score (nSPS) is 10.9. The molecular formula is C20H25ClN4O3S2. The molecule has 0 unspecified atom stereocenters. The number of thiophene rings is 1. The van der Waals surface area contributed by atoms with Gasteiger partial charge in [-0.3, -0.25) is 19.8 Å². The van der Waals surface area contributed by atoms with Crippen molar-refractivity contribution >= 4 is 61.3 Å². The van der Waals surface area contributed by atoms with Gasteiger partial charge in [0.2, 0.25) is 0 Å². The summed E-state index contributed by atoms with van der Waals surface area (Å²) in [5, 5.41) is 11.6. The first-order valence-corrected chi connectivity index (χ1v) is 11.3. The van der Waals surface area contributed by atoms with Crippen molar-refractivity contribution in [3.05, 3.63) is 50.9 Å². The summed E-state index contributed by atoms with van der Waals surface area (Å²) in [6.07, 6.45) is 0.937. The van der Waals surface area contributed by atoms with E-state index in [1.54, 1.807) is 4.90 Å². The van der Waals surface area contributed by atoms with Gasteiger partial charge in [0.15, 0.2) is 5.13 Å². The first kappa shape index (κ1) is 24.2. The van der Waals surface area contributed by atoms with Gasteiger partial charge in [0, 0.05) is 19.2 Å². The fourth-order valence-electron chi connectivity index (χ4n) is 3.03. The summed E-state index contributed by atoms with van der Waals surface area (Å²) in [5.41, 5.74) is 2.09. The zero-order valence-electron chi connectivity index (χ0n) is 17.2. The van der Waals surface area contributed by atoms with E-state index in [1.165, 1.54) is 29.0 Å². The van der Waals surface area contributed by atoms with Gasteiger partial charge in [0.1, 0.15) is 0 Å². The lowest BCUT2D eigenvalue weighted by Crippen LogP contribution is -2.38. The summed E-state index contributed by atoms with van der Waals surface area (Å²) >= 11 is 2.39. The number of aryl methyl sites for hydroxylation is 1. The summed E-state index contributed by atoms with van der Waals surface area (Å²) in [6, 6.07) is 9.05. The van der Waals surface area contributed by atoms with Crippen molar-refractivity contribution in [3.8, 4) is 0 Å². The van der Waals surface area contributed by atoms with Crippen molar-refractivity contribution in [3.63, 3.8) is 0 Å². The quantitative estimate of drug-likeness (QED) is 0.317. The maximum atomic E-state index is 13.2. The number of fused-ring (bicyclic) bond motifs is 1. The van der Waals surface area contributed by atoms with E-state index < -0.39 is 4.92 Å². The number of hydrogen-bond donors (Lipinski definition) is 0. The van der Waals surface area contributed by atoms with Crippen LogP contribution < -0.4 is 4.90 Å². The number of anilines is 1. The summed E-state index contributed by atoms with van der Waals surface area (Å²) in [5.74, 6) is -0.245. The maximum Gasteiger partial charge on any atom is 0.324 e. The third kappa shape index (κ3) is 5.34. The van der Waals surface area contributed by atoms with Gasteiger partial charge in [-0.15, -0.1) is 12.4 Å². The number of hydrogen-bond acceptors (Lipinski definition) is 7. The van der Waals surface area contributed by atoms with Crippen LogP contribution in [-0.2, 0) is 6.42 Å². The SMILES string of the molecule is CCc1ccc2nc(N(CCN(CC)CC)C(=O)c3ccc([N+](=O)[O-])s3)sc2c1.Cl. The second-order valence-corrected chi connectivity index (χ2v) is 8.60. The highest BCUT2D eigenvalue weighted by Gasteiger charge is 2.25. The first-order chi connectivity index (χ1) is 14.0. The third-order valence-corrected chi connectivity index (χ3v) is 6.91. The van der Waals surface area contributed by atoms with Crippen LogP contribution in [0.3, 0.4) is 0 Å². The van der Waals surface area contributed by atoms with E-state index >= 15 is 0 Å². The summed E-state index contributed by atoms with van der Waals surface area (Å²) < 4.78 is 1.04. The number of halogens is 1. The molecule has 30 heavy (non-hydrogen) atoms. The first-order valence-electron chi connectivity index (χ1n) is 9.64. The number of carbonyl (C=O) groups is 1. The largest absolute Gasteiger partial charge is 0.324 e. The smallest absolute Gasteiger partial charge is 0.302 e. The average Bonchev–Trinajstić information content (AvgIpc) is 3.37. The van der Waals surface area contributed by atoms with Crippen LogP contribution in [0.4, 0.5) is 10.1 Å². The Morgan fingerprint density at radius 2 is 1.83 bits per heavy atom. The Hall–Kier alpha value is -2.07. The zero-order valence-corrected chi connectivity index (χ0v) is 19.6. The Balaban J connectivity index is 0.00000320. The van der Waals surface area contributed by atoms with Crippen LogP contribution in [-0.4, -0.2) is 46.9 Å². The minimum absolute atomic E-state index is 0. The molecule has 10 heteroatoms. The van der Waals surface area contributed by atoms with E-state index in [1.807, 2.05) is 6.07 Å². The van der Waals surface area contributed by atoms with E-state index in [4.69, 9.17) is 0 Å². The van der Waals surface area contributed by atoms with Crippen LogP contribution in [0.2, 0.25) is 0 Å². The predicted molar refractivity (Wildman–Crippen MR) is 127 cm³/mol. The van der Waals surface area contributed by atoms with Crippen LogP contribution >= 0.6 is 35.1 Å². The molecule has 7 nitrogen and oxygen atoms in total. The molecule has 0 aliphatic heterocycles. The fraction of sp³-hybridized carbons (Fsp3) is 0.400. The number of aromatic nitrogens is 1.